The van der Waals surface area contributed by atoms with Gasteiger partial charge in [-0.15, -0.1) is 0 Å². The number of benzene rings is 1. The van der Waals surface area contributed by atoms with Crippen LogP contribution in [-0.4, -0.2) is 16.9 Å². The fourth-order valence-corrected chi connectivity index (χ4v) is 1.37. The van der Waals surface area contributed by atoms with E-state index < -0.39 is 6.09 Å². The first-order valence-electron chi connectivity index (χ1n) is 5.04. The summed E-state index contributed by atoms with van der Waals surface area (Å²) in [6, 6.07) is 9.53. The van der Waals surface area contributed by atoms with Crippen LogP contribution >= 0.6 is 0 Å². The molecule has 0 spiro atoms. The van der Waals surface area contributed by atoms with E-state index in [2.05, 4.69) is 10.5 Å². The molecule has 0 bridgehead atoms. The van der Waals surface area contributed by atoms with Gasteiger partial charge in [0.2, 0.25) is 0 Å². The van der Waals surface area contributed by atoms with Crippen molar-refractivity contribution in [3.8, 4) is 0 Å². The summed E-state index contributed by atoms with van der Waals surface area (Å²) in [5.74, 6) is 0. The molecule has 86 valence electrons. The Morgan fingerprint density at radius 3 is 2.25 bits per heavy atom. The average Bonchev–Trinajstić information content (AvgIpc) is 2.17. The zero-order chi connectivity index (χ0) is 12.2. The summed E-state index contributed by atoms with van der Waals surface area (Å²) in [4.78, 5) is 10.4. The second kappa shape index (κ2) is 4.79. The van der Waals surface area contributed by atoms with E-state index in [1.54, 1.807) is 0 Å². The van der Waals surface area contributed by atoms with Crippen molar-refractivity contribution in [1.82, 2.24) is 5.43 Å². The monoisotopic (exact) mass is 220 g/mol. The van der Waals surface area contributed by atoms with Crippen molar-refractivity contribution in [3.05, 3.63) is 35.9 Å². The number of carbonyl (C=O) groups is 1. The van der Waals surface area contributed by atoms with E-state index in [1.165, 1.54) is 0 Å². The van der Waals surface area contributed by atoms with Crippen LogP contribution in [0.15, 0.2) is 35.4 Å². The lowest BCUT2D eigenvalue weighted by Crippen LogP contribution is -2.26. The van der Waals surface area contributed by atoms with Crippen LogP contribution in [0.4, 0.5) is 4.79 Å². The Bertz CT molecular complexity index is 391. The lowest BCUT2D eigenvalue weighted by molar-refractivity contribution is 0.195. The van der Waals surface area contributed by atoms with Crippen molar-refractivity contribution in [3.63, 3.8) is 0 Å². The van der Waals surface area contributed by atoms with E-state index >= 15 is 0 Å². The van der Waals surface area contributed by atoms with Crippen LogP contribution in [0.25, 0.3) is 0 Å². The van der Waals surface area contributed by atoms with E-state index in [0.717, 1.165) is 11.3 Å². The Hall–Kier alpha value is -1.84. The van der Waals surface area contributed by atoms with Gasteiger partial charge in [0.1, 0.15) is 0 Å². The quantitative estimate of drug-likeness (QED) is 0.594. The van der Waals surface area contributed by atoms with E-state index in [-0.39, 0.29) is 5.41 Å². The van der Waals surface area contributed by atoms with Gasteiger partial charge in [0, 0.05) is 5.41 Å². The fourth-order valence-electron chi connectivity index (χ4n) is 1.37. The van der Waals surface area contributed by atoms with E-state index in [0.29, 0.717) is 0 Å². The molecule has 0 aliphatic rings. The van der Waals surface area contributed by atoms with Crippen molar-refractivity contribution in [2.24, 2.45) is 10.5 Å². The third kappa shape index (κ3) is 3.38. The molecule has 0 aromatic heterocycles. The van der Waals surface area contributed by atoms with Gasteiger partial charge in [-0.3, -0.25) is 0 Å². The number of hydrogen-bond acceptors (Lipinski definition) is 2. The Morgan fingerprint density at radius 1 is 1.25 bits per heavy atom. The van der Waals surface area contributed by atoms with Crippen molar-refractivity contribution in [1.29, 1.82) is 0 Å². The molecule has 16 heavy (non-hydrogen) atoms. The summed E-state index contributed by atoms with van der Waals surface area (Å²) < 4.78 is 0. The number of nitrogens with one attached hydrogen (secondary N) is 1. The van der Waals surface area contributed by atoms with Gasteiger partial charge < -0.3 is 5.11 Å². The van der Waals surface area contributed by atoms with Crippen molar-refractivity contribution in [2.75, 3.05) is 0 Å². The second-order valence-electron chi connectivity index (χ2n) is 4.49. The molecule has 1 rings (SSSR count). The zero-order valence-corrected chi connectivity index (χ0v) is 9.69. The number of amides is 1. The molecular formula is C12H16N2O2. The normalized spacial score (nSPS) is 12.3. The topological polar surface area (TPSA) is 61.7 Å². The average molecular weight is 220 g/mol. The van der Waals surface area contributed by atoms with Gasteiger partial charge in [-0.05, 0) is 5.56 Å². The van der Waals surface area contributed by atoms with Gasteiger partial charge in [0.25, 0.3) is 0 Å². The molecule has 0 aliphatic heterocycles. The molecule has 0 fully saturated rings. The molecule has 0 unspecified atom stereocenters. The van der Waals surface area contributed by atoms with Crippen molar-refractivity contribution < 1.29 is 9.90 Å². The van der Waals surface area contributed by atoms with Crippen LogP contribution in [0.2, 0.25) is 0 Å². The van der Waals surface area contributed by atoms with Gasteiger partial charge in [-0.25, -0.2) is 10.2 Å². The van der Waals surface area contributed by atoms with Crippen LogP contribution in [0, 0.1) is 5.41 Å². The van der Waals surface area contributed by atoms with Gasteiger partial charge in [0.15, 0.2) is 0 Å². The molecule has 0 radical (unpaired) electrons. The van der Waals surface area contributed by atoms with Gasteiger partial charge in [0.05, 0.1) is 5.71 Å². The Morgan fingerprint density at radius 2 is 1.81 bits per heavy atom. The predicted molar refractivity (Wildman–Crippen MR) is 63.6 cm³/mol. The number of nitrogens with zero attached hydrogens (tertiary/aromatic N) is 1. The molecule has 0 heterocycles. The summed E-state index contributed by atoms with van der Waals surface area (Å²) >= 11 is 0. The van der Waals surface area contributed by atoms with E-state index in [9.17, 15) is 4.79 Å². The molecule has 0 saturated carbocycles. The van der Waals surface area contributed by atoms with Crippen LogP contribution in [0.5, 0.6) is 0 Å². The molecule has 0 atom stereocenters. The lowest BCUT2D eigenvalue weighted by Gasteiger charge is -2.21. The summed E-state index contributed by atoms with van der Waals surface area (Å²) in [7, 11) is 0. The summed E-state index contributed by atoms with van der Waals surface area (Å²) in [6.45, 7) is 5.97. The third-order valence-corrected chi connectivity index (χ3v) is 2.02. The Labute approximate surface area is 95.0 Å². The fraction of sp³-hybridized carbons (Fsp3) is 0.333. The Balaban J connectivity index is 3.07. The highest BCUT2D eigenvalue weighted by molar-refractivity contribution is 6.04. The molecule has 1 amide bonds. The van der Waals surface area contributed by atoms with Gasteiger partial charge in [-0.2, -0.15) is 5.10 Å². The first kappa shape index (κ1) is 12.2. The zero-order valence-electron chi connectivity index (χ0n) is 9.69. The van der Waals surface area contributed by atoms with Crippen molar-refractivity contribution in [2.45, 2.75) is 20.8 Å². The smallest absolute Gasteiger partial charge is 0.425 e. The molecular weight excluding hydrogens is 204 g/mol. The number of hydrogen-bond donors (Lipinski definition) is 2. The highest BCUT2D eigenvalue weighted by Crippen LogP contribution is 2.21. The van der Waals surface area contributed by atoms with Gasteiger partial charge >= 0.3 is 6.09 Å². The largest absolute Gasteiger partial charge is 0.464 e. The third-order valence-electron chi connectivity index (χ3n) is 2.02. The van der Waals surface area contributed by atoms with Crippen LogP contribution < -0.4 is 5.43 Å². The number of hydrazone groups is 1. The standard InChI is InChI=1S/C12H16N2O2/c1-12(2,3)10(13-14-11(15)16)9-7-5-4-6-8-9/h4-8,14H,1-3H3,(H,15,16). The summed E-state index contributed by atoms with van der Waals surface area (Å²) in [5.41, 5.74) is 3.47. The van der Waals surface area contributed by atoms with Crippen LogP contribution in [-0.2, 0) is 0 Å². The van der Waals surface area contributed by atoms with E-state index in [1.807, 2.05) is 51.1 Å². The van der Waals surface area contributed by atoms with Crippen LogP contribution in [0.1, 0.15) is 26.3 Å². The van der Waals surface area contributed by atoms with Crippen molar-refractivity contribution >= 4 is 11.8 Å². The van der Waals surface area contributed by atoms with Crippen LogP contribution in [0.3, 0.4) is 0 Å². The molecule has 4 heteroatoms. The van der Waals surface area contributed by atoms with Gasteiger partial charge in [-0.1, -0.05) is 51.1 Å². The van der Waals surface area contributed by atoms with E-state index in [4.69, 9.17) is 5.11 Å². The summed E-state index contributed by atoms with van der Waals surface area (Å²) in [6.07, 6.45) is -1.15. The molecule has 2 N–H and O–H groups in total. The minimum Gasteiger partial charge on any atom is -0.464 e. The molecule has 4 nitrogen and oxygen atoms in total. The predicted octanol–water partition coefficient (Wildman–Crippen LogP) is 2.70. The lowest BCUT2D eigenvalue weighted by atomic mass is 9.86. The maximum atomic E-state index is 10.4. The molecule has 1 aromatic carbocycles. The SMILES string of the molecule is CC(C)(C)C(=NNC(=O)O)c1ccccc1. The number of carboxylic acid groups (broad SMARTS) is 1. The first-order valence-corrected chi connectivity index (χ1v) is 5.04. The summed E-state index contributed by atoms with van der Waals surface area (Å²) in [5, 5.41) is 12.5. The maximum absolute atomic E-state index is 10.4. The minimum absolute atomic E-state index is 0.218. The highest BCUT2D eigenvalue weighted by Gasteiger charge is 2.21. The molecule has 0 saturated heterocycles. The minimum atomic E-state index is -1.15. The highest BCUT2D eigenvalue weighted by atomic mass is 16.4. The first-order chi connectivity index (χ1) is 7.41. The maximum Gasteiger partial charge on any atom is 0.425 e. The molecule has 1 aromatic rings. The molecule has 0 aliphatic carbocycles. The second-order valence-corrected chi connectivity index (χ2v) is 4.49. The number of rotatable bonds is 2. The Kier molecular flexibility index (Phi) is 3.66.